The fourth-order valence-electron chi connectivity index (χ4n) is 1.93. The summed E-state index contributed by atoms with van der Waals surface area (Å²) in [5.74, 6) is -0.0874. The van der Waals surface area contributed by atoms with Gasteiger partial charge in [0.2, 0.25) is 0 Å². The second-order valence-corrected chi connectivity index (χ2v) is 4.01. The molecule has 3 nitrogen and oxygen atoms in total. The van der Waals surface area contributed by atoms with Crippen molar-refractivity contribution in [3.8, 4) is 0 Å². The summed E-state index contributed by atoms with van der Waals surface area (Å²) in [4.78, 5) is 22.4. The molecule has 2 rings (SSSR count). The van der Waals surface area contributed by atoms with Gasteiger partial charge in [-0.3, -0.25) is 4.79 Å². The fourth-order valence-corrected chi connectivity index (χ4v) is 1.93. The van der Waals surface area contributed by atoms with Crippen LogP contribution in [0.1, 0.15) is 23.6 Å². The number of carbonyl (C=O) groups is 2. The highest BCUT2D eigenvalue weighted by Crippen LogP contribution is 2.21. The largest absolute Gasteiger partial charge is 0.463 e. The molecule has 3 heteroatoms. The zero-order valence-electron chi connectivity index (χ0n) is 9.73. The van der Waals surface area contributed by atoms with Crippen LogP contribution in [0.15, 0.2) is 24.3 Å². The molecule has 0 heterocycles. The molecular weight excluding hydrogens is 216 g/mol. The van der Waals surface area contributed by atoms with Crippen molar-refractivity contribution >= 4 is 17.8 Å². The normalized spacial score (nSPS) is 14.1. The Balaban J connectivity index is 2.11. The smallest absolute Gasteiger partial charge is 0.330 e. The maximum atomic E-state index is 11.3. The predicted octanol–water partition coefficient (Wildman–Crippen LogP) is 1.93. The van der Waals surface area contributed by atoms with Crippen LogP contribution < -0.4 is 0 Å². The molecule has 0 bridgehead atoms. The van der Waals surface area contributed by atoms with Crippen LogP contribution >= 0.6 is 0 Å². The first kappa shape index (κ1) is 11.6. The van der Waals surface area contributed by atoms with Crippen molar-refractivity contribution in [2.24, 2.45) is 0 Å². The lowest BCUT2D eigenvalue weighted by molar-refractivity contribution is -0.137. The SMILES string of the molecule is CCOC(=O)/C=C/c1ccc2c(c1)CC(=O)C2. The van der Waals surface area contributed by atoms with Crippen LogP contribution in [0, 0.1) is 0 Å². The number of rotatable bonds is 3. The zero-order valence-corrected chi connectivity index (χ0v) is 9.73. The number of esters is 1. The summed E-state index contributed by atoms with van der Waals surface area (Å²) in [6.45, 7) is 2.15. The third-order valence-electron chi connectivity index (χ3n) is 2.70. The lowest BCUT2D eigenvalue weighted by atomic mass is 10.1. The van der Waals surface area contributed by atoms with Gasteiger partial charge in [0.15, 0.2) is 0 Å². The van der Waals surface area contributed by atoms with E-state index in [0.717, 1.165) is 16.7 Å². The number of hydrogen-bond donors (Lipinski definition) is 0. The van der Waals surface area contributed by atoms with E-state index < -0.39 is 0 Å². The molecule has 17 heavy (non-hydrogen) atoms. The average Bonchev–Trinajstić information content (AvgIpc) is 2.66. The molecule has 88 valence electrons. The molecule has 0 aromatic heterocycles. The van der Waals surface area contributed by atoms with Gasteiger partial charge in [-0.1, -0.05) is 18.2 Å². The first-order valence-corrected chi connectivity index (χ1v) is 5.67. The molecule has 0 spiro atoms. The van der Waals surface area contributed by atoms with Gasteiger partial charge in [-0.05, 0) is 29.7 Å². The van der Waals surface area contributed by atoms with Crippen molar-refractivity contribution in [3.05, 3.63) is 41.0 Å². The van der Waals surface area contributed by atoms with Crippen LogP contribution in [0.3, 0.4) is 0 Å². The summed E-state index contributed by atoms with van der Waals surface area (Å²) in [7, 11) is 0. The van der Waals surface area contributed by atoms with Crippen molar-refractivity contribution < 1.29 is 14.3 Å². The Bertz CT molecular complexity index is 486. The first-order valence-electron chi connectivity index (χ1n) is 5.67. The molecule has 1 aromatic rings. The molecule has 1 aliphatic carbocycles. The quantitative estimate of drug-likeness (QED) is 0.588. The monoisotopic (exact) mass is 230 g/mol. The highest BCUT2D eigenvalue weighted by atomic mass is 16.5. The molecule has 1 aliphatic rings. The minimum absolute atomic E-state index is 0.256. The van der Waals surface area contributed by atoms with E-state index in [-0.39, 0.29) is 11.8 Å². The van der Waals surface area contributed by atoms with Crippen LogP contribution in [0.4, 0.5) is 0 Å². The van der Waals surface area contributed by atoms with Crippen molar-refractivity contribution in [2.75, 3.05) is 6.61 Å². The molecular formula is C14H14O3. The van der Waals surface area contributed by atoms with Gasteiger partial charge in [-0.2, -0.15) is 0 Å². The third kappa shape index (κ3) is 2.81. The summed E-state index contributed by atoms with van der Waals surface area (Å²) in [6.07, 6.45) is 4.16. The third-order valence-corrected chi connectivity index (χ3v) is 2.70. The maximum absolute atomic E-state index is 11.3. The minimum atomic E-state index is -0.343. The summed E-state index contributed by atoms with van der Waals surface area (Å²) < 4.78 is 4.79. The summed E-state index contributed by atoms with van der Waals surface area (Å²) in [6, 6.07) is 5.81. The van der Waals surface area contributed by atoms with Gasteiger partial charge in [-0.25, -0.2) is 4.79 Å². The molecule has 0 saturated carbocycles. The van der Waals surface area contributed by atoms with E-state index in [2.05, 4.69) is 0 Å². The van der Waals surface area contributed by atoms with Crippen LogP contribution in [0.5, 0.6) is 0 Å². The van der Waals surface area contributed by atoms with E-state index in [1.807, 2.05) is 18.2 Å². The zero-order chi connectivity index (χ0) is 12.3. The van der Waals surface area contributed by atoms with Crippen molar-refractivity contribution in [2.45, 2.75) is 19.8 Å². The average molecular weight is 230 g/mol. The fraction of sp³-hybridized carbons (Fsp3) is 0.286. The number of hydrogen-bond acceptors (Lipinski definition) is 3. The Morgan fingerprint density at radius 2 is 2.12 bits per heavy atom. The van der Waals surface area contributed by atoms with E-state index in [9.17, 15) is 9.59 Å². The second-order valence-electron chi connectivity index (χ2n) is 4.01. The van der Waals surface area contributed by atoms with Gasteiger partial charge < -0.3 is 4.74 Å². The van der Waals surface area contributed by atoms with Gasteiger partial charge in [-0.15, -0.1) is 0 Å². The van der Waals surface area contributed by atoms with Crippen molar-refractivity contribution in [1.82, 2.24) is 0 Å². The lowest BCUT2D eigenvalue weighted by Gasteiger charge is -1.99. The van der Waals surface area contributed by atoms with Gasteiger partial charge in [0.05, 0.1) is 6.61 Å². The van der Waals surface area contributed by atoms with E-state index in [4.69, 9.17) is 4.74 Å². The van der Waals surface area contributed by atoms with Crippen LogP contribution in [0.2, 0.25) is 0 Å². The topological polar surface area (TPSA) is 43.4 Å². The van der Waals surface area contributed by atoms with Gasteiger partial charge >= 0.3 is 5.97 Å². The molecule has 0 unspecified atom stereocenters. The predicted molar refractivity (Wildman–Crippen MR) is 64.5 cm³/mol. The summed E-state index contributed by atoms with van der Waals surface area (Å²) >= 11 is 0. The Morgan fingerprint density at radius 1 is 1.35 bits per heavy atom. The Kier molecular flexibility index (Phi) is 3.38. The van der Waals surface area contributed by atoms with E-state index in [1.165, 1.54) is 6.08 Å². The van der Waals surface area contributed by atoms with Crippen LogP contribution in [0.25, 0.3) is 6.08 Å². The molecule has 1 aromatic carbocycles. The molecule has 0 atom stereocenters. The molecule has 0 fully saturated rings. The number of ketones is 1. The number of ether oxygens (including phenoxy) is 1. The molecule has 0 aliphatic heterocycles. The van der Waals surface area contributed by atoms with E-state index in [1.54, 1.807) is 13.0 Å². The Labute approximate surface area is 100 Å². The lowest BCUT2D eigenvalue weighted by Crippen LogP contribution is -1.98. The minimum Gasteiger partial charge on any atom is -0.463 e. The Hall–Kier alpha value is -1.90. The van der Waals surface area contributed by atoms with Gasteiger partial charge in [0.25, 0.3) is 0 Å². The highest BCUT2D eigenvalue weighted by molar-refractivity contribution is 5.89. The first-order chi connectivity index (χ1) is 8.19. The number of benzene rings is 1. The highest BCUT2D eigenvalue weighted by Gasteiger charge is 2.17. The van der Waals surface area contributed by atoms with E-state index in [0.29, 0.717) is 19.4 Å². The summed E-state index contributed by atoms with van der Waals surface area (Å²) in [5, 5.41) is 0. The van der Waals surface area contributed by atoms with Crippen molar-refractivity contribution in [1.29, 1.82) is 0 Å². The standard InChI is InChI=1S/C14H14O3/c1-2-17-14(16)6-4-10-3-5-11-8-13(15)9-12(11)7-10/h3-7H,2,8-9H2,1H3/b6-4+. The number of Topliss-reactive ketones (excluding diaryl/α,β-unsaturated/α-hetero) is 1. The van der Waals surface area contributed by atoms with Crippen molar-refractivity contribution in [3.63, 3.8) is 0 Å². The molecule has 0 radical (unpaired) electrons. The molecule has 0 amide bonds. The number of fused-ring (bicyclic) bond motifs is 1. The maximum Gasteiger partial charge on any atom is 0.330 e. The Morgan fingerprint density at radius 3 is 2.88 bits per heavy atom. The second kappa shape index (κ2) is 4.95. The van der Waals surface area contributed by atoms with Crippen LogP contribution in [-0.2, 0) is 27.2 Å². The molecule has 0 saturated heterocycles. The molecule has 0 N–H and O–H groups in total. The van der Waals surface area contributed by atoms with E-state index >= 15 is 0 Å². The van der Waals surface area contributed by atoms with Gasteiger partial charge in [0.1, 0.15) is 5.78 Å². The van der Waals surface area contributed by atoms with Gasteiger partial charge in [0, 0.05) is 18.9 Å². The van der Waals surface area contributed by atoms with Crippen LogP contribution in [-0.4, -0.2) is 18.4 Å². The number of carbonyl (C=O) groups excluding carboxylic acids is 2. The summed E-state index contributed by atoms with van der Waals surface area (Å²) in [5.41, 5.74) is 3.09.